The fourth-order valence-electron chi connectivity index (χ4n) is 2.90. The Kier molecular flexibility index (Phi) is 5.50. The van der Waals surface area contributed by atoms with E-state index in [-0.39, 0.29) is 24.0 Å². The highest BCUT2D eigenvalue weighted by Crippen LogP contribution is 2.25. The Morgan fingerprint density at radius 3 is 1.89 bits per heavy atom. The monoisotopic (exact) mass is 371 g/mol. The normalized spacial score (nSPS) is 10.3. The van der Waals surface area contributed by atoms with Crippen LogP contribution in [-0.4, -0.2) is 17.6 Å². The van der Waals surface area contributed by atoms with Crippen molar-refractivity contribution < 1.29 is 4.79 Å². The number of amidine groups is 2. The van der Waals surface area contributed by atoms with Crippen molar-refractivity contribution in [3.8, 4) is 11.1 Å². The molecular weight excluding hydrogens is 350 g/mol. The quantitative estimate of drug-likeness (QED) is 0.337. The number of anilines is 1. The van der Waals surface area contributed by atoms with E-state index in [9.17, 15) is 4.79 Å². The minimum absolute atomic E-state index is 0.0115. The summed E-state index contributed by atoms with van der Waals surface area (Å²) in [6.07, 6.45) is 0.221. The molecule has 0 unspecified atom stereocenters. The number of benzene rings is 3. The van der Waals surface area contributed by atoms with Gasteiger partial charge in [-0.3, -0.25) is 15.6 Å². The molecule has 0 aromatic heterocycles. The van der Waals surface area contributed by atoms with Crippen LogP contribution < -0.4 is 16.8 Å². The number of hydrogen-bond acceptors (Lipinski definition) is 3. The molecule has 1 amide bonds. The standard InChI is InChI=1S/C22H21N5O/c23-21(24)15-7-5-14(6-8-15)19-4-2-1-3-17(19)13-20(28)27-18-11-9-16(10-12-18)22(25)26/h1-12H,13H2,(H3,23,24)(H3,25,26)(H,27,28). The number of carbonyl (C=O) groups is 1. The van der Waals surface area contributed by atoms with Crippen LogP contribution in [0, 0.1) is 10.8 Å². The van der Waals surface area contributed by atoms with Gasteiger partial charge in [0.2, 0.25) is 5.91 Å². The summed E-state index contributed by atoms with van der Waals surface area (Å²) in [7, 11) is 0. The van der Waals surface area contributed by atoms with Crippen molar-refractivity contribution in [2.45, 2.75) is 6.42 Å². The second-order valence-corrected chi connectivity index (χ2v) is 6.36. The van der Waals surface area contributed by atoms with Gasteiger partial charge in [-0.25, -0.2) is 0 Å². The summed E-state index contributed by atoms with van der Waals surface area (Å²) in [6, 6.07) is 21.9. The van der Waals surface area contributed by atoms with Gasteiger partial charge >= 0.3 is 0 Å². The Bertz CT molecular complexity index is 1020. The predicted molar refractivity (Wildman–Crippen MR) is 113 cm³/mol. The average molecular weight is 371 g/mol. The van der Waals surface area contributed by atoms with Gasteiger partial charge in [0.25, 0.3) is 0 Å². The molecule has 3 aromatic carbocycles. The van der Waals surface area contributed by atoms with Gasteiger partial charge in [0, 0.05) is 16.8 Å². The Labute approximate surface area is 163 Å². The maximum Gasteiger partial charge on any atom is 0.228 e. The van der Waals surface area contributed by atoms with E-state index in [1.54, 1.807) is 36.4 Å². The Morgan fingerprint density at radius 2 is 1.32 bits per heavy atom. The summed E-state index contributed by atoms with van der Waals surface area (Å²) >= 11 is 0. The summed E-state index contributed by atoms with van der Waals surface area (Å²) in [5, 5.41) is 17.8. The number of amides is 1. The van der Waals surface area contributed by atoms with E-state index in [1.807, 2.05) is 36.4 Å². The zero-order chi connectivity index (χ0) is 20.1. The van der Waals surface area contributed by atoms with Crippen molar-refractivity contribution >= 4 is 23.3 Å². The molecule has 0 saturated carbocycles. The molecule has 6 heteroatoms. The third-order valence-corrected chi connectivity index (χ3v) is 4.35. The summed E-state index contributed by atoms with van der Waals surface area (Å²) in [4.78, 5) is 12.5. The van der Waals surface area contributed by atoms with Crippen molar-refractivity contribution in [3.63, 3.8) is 0 Å². The topological polar surface area (TPSA) is 129 Å². The molecule has 7 N–H and O–H groups in total. The van der Waals surface area contributed by atoms with Gasteiger partial charge < -0.3 is 16.8 Å². The van der Waals surface area contributed by atoms with Crippen molar-refractivity contribution in [3.05, 3.63) is 89.5 Å². The Balaban J connectivity index is 1.76. The van der Waals surface area contributed by atoms with E-state index in [0.717, 1.165) is 16.7 Å². The van der Waals surface area contributed by atoms with Gasteiger partial charge in [-0.1, -0.05) is 48.5 Å². The maximum atomic E-state index is 12.5. The van der Waals surface area contributed by atoms with E-state index in [0.29, 0.717) is 16.8 Å². The average Bonchev–Trinajstić information content (AvgIpc) is 2.69. The van der Waals surface area contributed by atoms with E-state index < -0.39 is 0 Å². The van der Waals surface area contributed by atoms with E-state index in [2.05, 4.69) is 5.32 Å². The van der Waals surface area contributed by atoms with Crippen LogP contribution >= 0.6 is 0 Å². The summed E-state index contributed by atoms with van der Waals surface area (Å²) in [6.45, 7) is 0. The predicted octanol–water partition coefficient (Wildman–Crippen LogP) is 3.10. The van der Waals surface area contributed by atoms with Crippen LogP contribution in [0.25, 0.3) is 11.1 Å². The van der Waals surface area contributed by atoms with Gasteiger partial charge in [0.15, 0.2) is 0 Å². The first-order valence-electron chi connectivity index (χ1n) is 8.71. The SMILES string of the molecule is N=C(N)c1ccc(NC(=O)Cc2ccccc2-c2ccc(C(=N)N)cc2)cc1. The third-order valence-electron chi connectivity index (χ3n) is 4.35. The van der Waals surface area contributed by atoms with Crippen LogP contribution in [-0.2, 0) is 11.2 Å². The summed E-state index contributed by atoms with van der Waals surface area (Å²) in [5.41, 5.74) is 15.7. The molecule has 28 heavy (non-hydrogen) atoms. The fourth-order valence-corrected chi connectivity index (χ4v) is 2.90. The van der Waals surface area contributed by atoms with Gasteiger partial charge in [-0.05, 0) is 41.0 Å². The lowest BCUT2D eigenvalue weighted by Crippen LogP contribution is -2.15. The van der Waals surface area contributed by atoms with Gasteiger partial charge in [-0.15, -0.1) is 0 Å². The van der Waals surface area contributed by atoms with Crippen molar-refractivity contribution in [2.24, 2.45) is 11.5 Å². The minimum atomic E-state index is -0.136. The molecule has 0 fully saturated rings. The largest absolute Gasteiger partial charge is 0.384 e. The van der Waals surface area contributed by atoms with E-state index >= 15 is 0 Å². The third kappa shape index (κ3) is 4.42. The van der Waals surface area contributed by atoms with E-state index in [4.69, 9.17) is 22.3 Å². The molecule has 140 valence electrons. The molecule has 0 aliphatic carbocycles. The molecule has 0 heterocycles. The molecule has 0 aliphatic rings. The molecule has 0 aliphatic heterocycles. The molecular formula is C22H21N5O. The van der Waals surface area contributed by atoms with Crippen LogP contribution in [0.5, 0.6) is 0 Å². The Morgan fingerprint density at radius 1 is 0.786 bits per heavy atom. The lowest BCUT2D eigenvalue weighted by molar-refractivity contribution is -0.115. The summed E-state index contributed by atoms with van der Waals surface area (Å²) < 4.78 is 0. The first-order chi connectivity index (χ1) is 13.4. The van der Waals surface area contributed by atoms with Gasteiger partial charge in [-0.2, -0.15) is 0 Å². The highest BCUT2D eigenvalue weighted by Gasteiger charge is 2.10. The Hall–Kier alpha value is -3.93. The molecule has 0 spiro atoms. The van der Waals surface area contributed by atoms with Crippen LogP contribution in [0.15, 0.2) is 72.8 Å². The molecule has 3 aromatic rings. The van der Waals surface area contributed by atoms with Crippen LogP contribution in [0.2, 0.25) is 0 Å². The fraction of sp³-hybridized carbons (Fsp3) is 0.0455. The zero-order valence-corrected chi connectivity index (χ0v) is 15.2. The molecule has 6 nitrogen and oxygen atoms in total. The van der Waals surface area contributed by atoms with Crippen LogP contribution in [0.3, 0.4) is 0 Å². The second kappa shape index (κ2) is 8.18. The maximum absolute atomic E-state index is 12.5. The molecule has 0 saturated heterocycles. The molecule has 0 radical (unpaired) electrons. The minimum Gasteiger partial charge on any atom is -0.384 e. The van der Waals surface area contributed by atoms with Crippen molar-refractivity contribution in [1.82, 2.24) is 0 Å². The van der Waals surface area contributed by atoms with Gasteiger partial charge in [0.05, 0.1) is 6.42 Å². The number of nitrogen functional groups attached to an aromatic ring is 2. The molecule has 3 rings (SSSR count). The first kappa shape index (κ1) is 18.8. The lowest BCUT2D eigenvalue weighted by atomic mass is 9.96. The number of hydrogen-bond donors (Lipinski definition) is 5. The lowest BCUT2D eigenvalue weighted by Gasteiger charge is -2.11. The molecule has 0 bridgehead atoms. The highest BCUT2D eigenvalue weighted by molar-refractivity contribution is 5.97. The number of carbonyl (C=O) groups excluding carboxylic acids is 1. The van der Waals surface area contributed by atoms with Crippen LogP contribution in [0.1, 0.15) is 16.7 Å². The molecule has 0 atom stereocenters. The number of nitrogens with two attached hydrogens (primary N) is 2. The smallest absolute Gasteiger partial charge is 0.228 e. The van der Waals surface area contributed by atoms with Gasteiger partial charge in [0.1, 0.15) is 11.7 Å². The number of rotatable bonds is 6. The second-order valence-electron chi connectivity index (χ2n) is 6.36. The summed E-state index contributed by atoms with van der Waals surface area (Å²) in [5.74, 6) is -0.124. The van der Waals surface area contributed by atoms with Crippen molar-refractivity contribution in [2.75, 3.05) is 5.32 Å². The van der Waals surface area contributed by atoms with Crippen molar-refractivity contribution in [1.29, 1.82) is 10.8 Å². The number of nitrogens with one attached hydrogen (secondary N) is 3. The van der Waals surface area contributed by atoms with Crippen LogP contribution in [0.4, 0.5) is 5.69 Å². The van der Waals surface area contributed by atoms with E-state index in [1.165, 1.54) is 0 Å². The first-order valence-corrected chi connectivity index (χ1v) is 8.71. The zero-order valence-electron chi connectivity index (χ0n) is 15.2. The highest BCUT2D eigenvalue weighted by atomic mass is 16.1.